The summed E-state index contributed by atoms with van der Waals surface area (Å²) in [6, 6.07) is 4.67. The lowest BCUT2D eigenvalue weighted by atomic mass is 10.0. The zero-order valence-corrected chi connectivity index (χ0v) is 13.1. The fraction of sp³-hybridized carbons (Fsp3) is 0.429. The lowest BCUT2D eigenvalue weighted by Crippen LogP contribution is -2.23. The van der Waals surface area contributed by atoms with Crippen LogP contribution in [0.5, 0.6) is 0 Å². The molecule has 0 bridgehead atoms. The van der Waals surface area contributed by atoms with Gasteiger partial charge >= 0.3 is 0 Å². The van der Waals surface area contributed by atoms with E-state index in [0.717, 1.165) is 10.9 Å². The number of pyridine rings is 1. The van der Waals surface area contributed by atoms with Gasteiger partial charge < -0.3 is 5.32 Å². The van der Waals surface area contributed by atoms with Gasteiger partial charge in [0.05, 0.1) is 22.4 Å². The third-order valence-electron chi connectivity index (χ3n) is 3.14. The minimum atomic E-state index is 0.224. The molecule has 4 nitrogen and oxygen atoms in total. The molecule has 19 heavy (non-hydrogen) atoms. The summed E-state index contributed by atoms with van der Waals surface area (Å²) in [6.45, 7) is 4.28. The van der Waals surface area contributed by atoms with Gasteiger partial charge in [0.2, 0.25) is 0 Å². The van der Waals surface area contributed by atoms with Gasteiger partial charge in [0, 0.05) is 18.4 Å². The third-order valence-corrected chi connectivity index (χ3v) is 3.75. The van der Waals surface area contributed by atoms with E-state index in [1.165, 1.54) is 11.3 Å². The SMILES string of the molecule is CNC(Cc1ccncc1)c1c(Br)cnn1C(C)C. The highest BCUT2D eigenvalue weighted by Gasteiger charge is 2.20. The number of halogens is 1. The summed E-state index contributed by atoms with van der Waals surface area (Å²) >= 11 is 3.60. The highest BCUT2D eigenvalue weighted by Crippen LogP contribution is 2.27. The molecule has 0 aliphatic heterocycles. The predicted octanol–water partition coefficient (Wildman–Crippen LogP) is 3.12. The van der Waals surface area contributed by atoms with Gasteiger partial charge in [-0.3, -0.25) is 9.67 Å². The summed E-state index contributed by atoms with van der Waals surface area (Å²) < 4.78 is 3.11. The maximum atomic E-state index is 4.44. The molecule has 0 aliphatic rings. The van der Waals surface area contributed by atoms with Crippen molar-refractivity contribution in [1.29, 1.82) is 0 Å². The van der Waals surface area contributed by atoms with E-state index in [-0.39, 0.29) is 6.04 Å². The second-order valence-electron chi connectivity index (χ2n) is 4.82. The maximum absolute atomic E-state index is 4.44. The first-order chi connectivity index (χ1) is 9.13. The van der Waals surface area contributed by atoms with Crippen molar-refractivity contribution < 1.29 is 0 Å². The molecule has 2 aromatic heterocycles. The van der Waals surface area contributed by atoms with Crippen LogP contribution in [-0.2, 0) is 6.42 Å². The summed E-state index contributed by atoms with van der Waals surface area (Å²) in [5.74, 6) is 0. The summed E-state index contributed by atoms with van der Waals surface area (Å²) in [5.41, 5.74) is 2.45. The molecule has 0 saturated heterocycles. The molecule has 2 rings (SSSR count). The van der Waals surface area contributed by atoms with Crippen LogP contribution in [0.3, 0.4) is 0 Å². The lowest BCUT2D eigenvalue weighted by Gasteiger charge is -2.20. The third kappa shape index (κ3) is 3.22. The van der Waals surface area contributed by atoms with Gasteiger partial charge in [0.1, 0.15) is 0 Å². The quantitative estimate of drug-likeness (QED) is 0.919. The summed E-state index contributed by atoms with van der Waals surface area (Å²) in [5, 5.41) is 7.82. The Hall–Kier alpha value is -1.20. The van der Waals surface area contributed by atoms with Crippen molar-refractivity contribution in [3.8, 4) is 0 Å². The highest BCUT2D eigenvalue weighted by molar-refractivity contribution is 9.10. The van der Waals surface area contributed by atoms with Gasteiger partial charge in [-0.25, -0.2) is 0 Å². The van der Waals surface area contributed by atoms with Crippen LogP contribution >= 0.6 is 15.9 Å². The Kier molecular flexibility index (Phi) is 4.71. The van der Waals surface area contributed by atoms with E-state index in [0.29, 0.717) is 6.04 Å². The Balaban J connectivity index is 2.29. The average Bonchev–Trinajstić information content (AvgIpc) is 2.79. The molecule has 0 aliphatic carbocycles. The molecule has 0 aromatic carbocycles. The van der Waals surface area contributed by atoms with Gasteiger partial charge in [0.25, 0.3) is 0 Å². The number of hydrogen-bond donors (Lipinski definition) is 1. The maximum Gasteiger partial charge on any atom is 0.0702 e. The first-order valence-corrected chi connectivity index (χ1v) is 7.21. The highest BCUT2D eigenvalue weighted by atomic mass is 79.9. The summed E-state index contributed by atoms with van der Waals surface area (Å²) in [6.07, 6.45) is 6.44. The monoisotopic (exact) mass is 322 g/mol. The molecule has 2 aromatic rings. The molecule has 5 heteroatoms. The second kappa shape index (κ2) is 6.30. The molecule has 0 spiro atoms. The van der Waals surface area contributed by atoms with E-state index in [2.05, 4.69) is 49.9 Å². The van der Waals surface area contributed by atoms with E-state index >= 15 is 0 Å². The van der Waals surface area contributed by atoms with Gasteiger partial charge in [0.15, 0.2) is 0 Å². The van der Waals surface area contributed by atoms with Crippen molar-refractivity contribution in [2.24, 2.45) is 0 Å². The number of nitrogens with zero attached hydrogens (tertiary/aromatic N) is 3. The standard InChI is InChI=1S/C14H19BrN4/c1-10(2)19-14(12(15)9-18-19)13(16-3)8-11-4-6-17-7-5-11/h4-7,9-10,13,16H,8H2,1-3H3. The molecule has 0 amide bonds. The fourth-order valence-corrected chi connectivity index (χ4v) is 2.73. The zero-order chi connectivity index (χ0) is 13.8. The number of hydrogen-bond acceptors (Lipinski definition) is 3. The van der Waals surface area contributed by atoms with Crippen LogP contribution in [0.15, 0.2) is 35.2 Å². The van der Waals surface area contributed by atoms with Crippen molar-refractivity contribution in [3.63, 3.8) is 0 Å². The van der Waals surface area contributed by atoms with Crippen LogP contribution in [0.25, 0.3) is 0 Å². The zero-order valence-electron chi connectivity index (χ0n) is 11.5. The van der Waals surface area contributed by atoms with E-state index in [9.17, 15) is 0 Å². The smallest absolute Gasteiger partial charge is 0.0702 e. The average molecular weight is 323 g/mol. The van der Waals surface area contributed by atoms with Crippen LogP contribution < -0.4 is 5.32 Å². The predicted molar refractivity (Wildman–Crippen MR) is 80.1 cm³/mol. The van der Waals surface area contributed by atoms with E-state index in [1.807, 2.05) is 37.8 Å². The molecular weight excluding hydrogens is 304 g/mol. The minimum absolute atomic E-state index is 0.224. The van der Waals surface area contributed by atoms with Crippen molar-refractivity contribution in [3.05, 3.63) is 46.5 Å². The van der Waals surface area contributed by atoms with E-state index < -0.39 is 0 Å². The van der Waals surface area contributed by atoms with Crippen molar-refractivity contribution in [1.82, 2.24) is 20.1 Å². The van der Waals surface area contributed by atoms with Gasteiger partial charge in [-0.15, -0.1) is 0 Å². The minimum Gasteiger partial charge on any atom is -0.311 e. The Bertz CT molecular complexity index is 521. The van der Waals surface area contributed by atoms with Gasteiger partial charge in [-0.1, -0.05) is 0 Å². The molecule has 1 N–H and O–H groups in total. The Morgan fingerprint density at radius 2 is 2.00 bits per heavy atom. The molecule has 2 heterocycles. The normalized spacial score (nSPS) is 12.9. The number of likely N-dealkylation sites (N-methyl/N-ethyl adjacent to an activating group) is 1. The van der Waals surface area contributed by atoms with Gasteiger partial charge in [-0.2, -0.15) is 5.10 Å². The van der Waals surface area contributed by atoms with E-state index in [4.69, 9.17) is 0 Å². The lowest BCUT2D eigenvalue weighted by molar-refractivity contribution is 0.458. The molecule has 102 valence electrons. The molecule has 0 saturated carbocycles. The van der Waals surface area contributed by atoms with Crippen molar-refractivity contribution in [2.45, 2.75) is 32.4 Å². The molecule has 1 unspecified atom stereocenters. The first-order valence-electron chi connectivity index (χ1n) is 6.42. The Morgan fingerprint density at radius 1 is 1.32 bits per heavy atom. The van der Waals surface area contributed by atoms with Crippen LogP contribution in [0.4, 0.5) is 0 Å². The van der Waals surface area contributed by atoms with Crippen LogP contribution in [0.1, 0.15) is 37.2 Å². The van der Waals surface area contributed by atoms with Crippen molar-refractivity contribution in [2.75, 3.05) is 7.05 Å². The van der Waals surface area contributed by atoms with Gasteiger partial charge in [-0.05, 0) is 60.9 Å². The number of rotatable bonds is 5. The van der Waals surface area contributed by atoms with Crippen molar-refractivity contribution >= 4 is 15.9 Å². The molecule has 1 atom stereocenters. The summed E-state index contributed by atoms with van der Waals surface area (Å²) in [7, 11) is 1.98. The van der Waals surface area contributed by atoms with Crippen LogP contribution in [0.2, 0.25) is 0 Å². The first kappa shape index (κ1) is 14.2. The molecular formula is C14H19BrN4. The van der Waals surface area contributed by atoms with Crippen LogP contribution in [-0.4, -0.2) is 21.8 Å². The fourth-order valence-electron chi connectivity index (χ4n) is 2.18. The Labute approximate surface area is 122 Å². The molecule has 0 fully saturated rings. The van der Waals surface area contributed by atoms with E-state index in [1.54, 1.807) is 0 Å². The number of aromatic nitrogens is 3. The second-order valence-corrected chi connectivity index (χ2v) is 5.67. The van der Waals surface area contributed by atoms with Crippen LogP contribution in [0, 0.1) is 0 Å². The number of nitrogens with one attached hydrogen (secondary N) is 1. The largest absolute Gasteiger partial charge is 0.311 e. The summed E-state index contributed by atoms with van der Waals surface area (Å²) in [4.78, 5) is 4.06. The topological polar surface area (TPSA) is 42.7 Å². The molecule has 0 radical (unpaired) electrons. The Morgan fingerprint density at radius 3 is 2.58 bits per heavy atom.